The number of anilines is 1. The zero-order valence-electron chi connectivity index (χ0n) is 13.8. The third kappa shape index (κ3) is 3.79. The van der Waals surface area contributed by atoms with Crippen LogP contribution in [0.3, 0.4) is 0 Å². The van der Waals surface area contributed by atoms with Gasteiger partial charge >= 0.3 is 0 Å². The van der Waals surface area contributed by atoms with E-state index >= 15 is 0 Å². The summed E-state index contributed by atoms with van der Waals surface area (Å²) in [6, 6.07) is 15.0. The number of H-pyrrole nitrogens is 1. The minimum absolute atomic E-state index is 0.270. The van der Waals surface area contributed by atoms with Crippen LogP contribution < -0.4 is 14.8 Å². The van der Waals surface area contributed by atoms with Crippen molar-refractivity contribution in [3.63, 3.8) is 0 Å². The quantitative estimate of drug-likeness (QED) is 0.567. The molecule has 130 valence electrons. The van der Waals surface area contributed by atoms with Gasteiger partial charge in [-0.25, -0.2) is 0 Å². The van der Waals surface area contributed by atoms with E-state index in [0.717, 1.165) is 10.9 Å². The Labute approximate surface area is 154 Å². The number of rotatable bonds is 7. The first-order valence-corrected chi connectivity index (χ1v) is 9.19. The highest BCUT2D eigenvalue weighted by atomic mass is 79.9. The van der Waals surface area contributed by atoms with Gasteiger partial charge in [-0.3, -0.25) is 4.79 Å². The number of carbonyl (C=O) groups excluding carboxylic acids is 1. The Morgan fingerprint density at radius 2 is 1.88 bits per heavy atom. The maximum absolute atomic E-state index is 12.8. The van der Waals surface area contributed by atoms with Crippen molar-refractivity contribution in [3.05, 3.63) is 54.2 Å². The van der Waals surface area contributed by atoms with Crippen LogP contribution in [0.4, 0.5) is 5.69 Å². The summed E-state index contributed by atoms with van der Waals surface area (Å²) in [4.78, 5) is 16.0. The topological polar surface area (TPSA) is 63.3 Å². The molecule has 0 saturated heterocycles. The third-order valence-corrected chi connectivity index (χ3v) is 3.97. The Bertz CT molecular complexity index is 876. The molecule has 6 heteroatoms. The summed E-state index contributed by atoms with van der Waals surface area (Å²) in [5.41, 5.74) is 1.88. The molecular weight excluding hydrogens is 384 g/mol. The molecule has 1 amide bonds. The van der Waals surface area contributed by atoms with Gasteiger partial charge in [0.15, 0.2) is 5.75 Å². The fourth-order valence-electron chi connectivity index (χ4n) is 2.60. The van der Waals surface area contributed by atoms with Gasteiger partial charge in [-0.05, 0) is 31.2 Å². The van der Waals surface area contributed by atoms with Gasteiger partial charge in [-0.1, -0.05) is 40.2 Å². The van der Waals surface area contributed by atoms with Gasteiger partial charge < -0.3 is 19.8 Å². The van der Waals surface area contributed by atoms with Gasteiger partial charge in [0.25, 0.3) is 5.91 Å². The number of para-hydroxylation sites is 3. The van der Waals surface area contributed by atoms with Crippen LogP contribution in [0.1, 0.15) is 17.4 Å². The largest absolute Gasteiger partial charge is 0.492 e. The van der Waals surface area contributed by atoms with E-state index in [9.17, 15) is 4.79 Å². The van der Waals surface area contributed by atoms with Crippen molar-refractivity contribution in [2.24, 2.45) is 0 Å². The van der Waals surface area contributed by atoms with Crippen molar-refractivity contribution in [2.75, 3.05) is 23.9 Å². The molecule has 2 N–H and O–H groups in total. The number of amides is 1. The van der Waals surface area contributed by atoms with Gasteiger partial charge in [0.2, 0.25) is 0 Å². The van der Waals surface area contributed by atoms with Crippen LogP contribution in [0.25, 0.3) is 10.9 Å². The molecular formula is C19H19BrN2O3. The third-order valence-electron chi connectivity index (χ3n) is 3.64. The van der Waals surface area contributed by atoms with Crippen molar-refractivity contribution in [1.82, 2.24) is 4.98 Å². The predicted octanol–water partition coefficient (Wildman–Crippen LogP) is 4.59. The first-order chi connectivity index (χ1) is 12.2. The van der Waals surface area contributed by atoms with Crippen LogP contribution in [-0.4, -0.2) is 29.4 Å². The molecule has 0 radical (unpaired) electrons. The molecule has 0 bridgehead atoms. The first kappa shape index (κ1) is 17.4. The molecule has 1 aromatic heterocycles. The summed E-state index contributed by atoms with van der Waals surface area (Å²) >= 11 is 3.35. The smallest absolute Gasteiger partial charge is 0.276 e. The van der Waals surface area contributed by atoms with Crippen LogP contribution >= 0.6 is 15.9 Å². The number of carbonyl (C=O) groups is 1. The molecule has 5 nitrogen and oxygen atoms in total. The second-order valence-electron chi connectivity index (χ2n) is 5.30. The van der Waals surface area contributed by atoms with Crippen LogP contribution in [0.5, 0.6) is 11.5 Å². The Kier molecular flexibility index (Phi) is 5.60. The molecule has 3 aromatic rings. The number of ether oxygens (including phenoxy) is 2. The monoisotopic (exact) mass is 402 g/mol. The van der Waals surface area contributed by atoms with E-state index in [4.69, 9.17) is 9.47 Å². The van der Waals surface area contributed by atoms with Gasteiger partial charge in [0.05, 0.1) is 18.9 Å². The van der Waals surface area contributed by atoms with Gasteiger partial charge in [0.1, 0.15) is 11.4 Å². The van der Waals surface area contributed by atoms with Crippen LogP contribution in [-0.2, 0) is 0 Å². The predicted molar refractivity (Wildman–Crippen MR) is 103 cm³/mol. The molecule has 0 atom stereocenters. The van der Waals surface area contributed by atoms with Crippen molar-refractivity contribution < 1.29 is 14.3 Å². The maximum Gasteiger partial charge on any atom is 0.276 e. The van der Waals surface area contributed by atoms with E-state index in [1.165, 1.54) is 0 Å². The zero-order valence-corrected chi connectivity index (χ0v) is 15.4. The average Bonchev–Trinajstić information content (AvgIpc) is 3.00. The highest BCUT2D eigenvalue weighted by Gasteiger charge is 2.20. The highest BCUT2D eigenvalue weighted by molar-refractivity contribution is 9.09. The maximum atomic E-state index is 12.8. The van der Waals surface area contributed by atoms with Crippen molar-refractivity contribution in [1.29, 1.82) is 0 Å². The molecule has 0 aliphatic heterocycles. The SMILES string of the molecule is CCOc1ccccc1NC(=O)c1[nH]c2ccccc2c1OCCBr. The number of benzene rings is 2. The van der Waals surface area contributed by atoms with Crippen LogP contribution in [0.15, 0.2) is 48.5 Å². The van der Waals surface area contributed by atoms with E-state index in [1.54, 1.807) is 0 Å². The second-order valence-corrected chi connectivity index (χ2v) is 6.09. The fraction of sp³-hybridized carbons (Fsp3) is 0.211. The van der Waals surface area contributed by atoms with Gasteiger partial charge in [-0.15, -0.1) is 0 Å². The van der Waals surface area contributed by atoms with Crippen molar-refractivity contribution >= 4 is 38.4 Å². The molecule has 0 aliphatic carbocycles. The van der Waals surface area contributed by atoms with Crippen molar-refractivity contribution in [2.45, 2.75) is 6.92 Å². The summed E-state index contributed by atoms with van der Waals surface area (Å²) in [6.07, 6.45) is 0. The summed E-state index contributed by atoms with van der Waals surface area (Å²) in [7, 11) is 0. The van der Waals surface area contributed by atoms with Crippen LogP contribution in [0.2, 0.25) is 0 Å². The standard InChI is InChI=1S/C19H19BrN2O3/c1-2-24-16-10-6-5-9-15(16)22-19(23)17-18(25-12-11-20)13-7-3-4-8-14(13)21-17/h3-10,21H,2,11-12H2,1H3,(H,22,23). The summed E-state index contributed by atoms with van der Waals surface area (Å²) in [6.45, 7) is 2.90. The number of hydrogen-bond acceptors (Lipinski definition) is 3. The van der Waals surface area contributed by atoms with E-state index in [0.29, 0.717) is 41.4 Å². The molecule has 0 spiro atoms. The minimum atomic E-state index is -0.270. The van der Waals surface area contributed by atoms with Gasteiger partial charge in [0, 0.05) is 16.2 Å². The van der Waals surface area contributed by atoms with E-state index < -0.39 is 0 Å². The molecule has 0 aliphatic rings. The molecule has 1 heterocycles. The molecule has 0 fully saturated rings. The van der Waals surface area contributed by atoms with E-state index in [2.05, 4.69) is 26.2 Å². The number of fused-ring (bicyclic) bond motifs is 1. The molecule has 0 saturated carbocycles. The molecule has 2 aromatic carbocycles. The fourth-order valence-corrected chi connectivity index (χ4v) is 2.76. The molecule has 3 rings (SSSR count). The number of hydrogen-bond donors (Lipinski definition) is 2. The minimum Gasteiger partial charge on any atom is -0.492 e. The Morgan fingerprint density at radius 3 is 2.68 bits per heavy atom. The van der Waals surface area contributed by atoms with E-state index in [-0.39, 0.29) is 5.91 Å². The highest BCUT2D eigenvalue weighted by Crippen LogP contribution is 2.32. The summed E-state index contributed by atoms with van der Waals surface area (Å²) in [5.74, 6) is 0.923. The lowest BCUT2D eigenvalue weighted by Gasteiger charge is -2.11. The average molecular weight is 403 g/mol. The number of aromatic nitrogens is 1. The first-order valence-electron chi connectivity index (χ1n) is 8.07. The number of alkyl halides is 1. The number of nitrogens with one attached hydrogen (secondary N) is 2. The lowest BCUT2D eigenvalue weighted by molar-refractivity contribution is 0.101. The van der Waals surface area contributed by atoms with Gasteiger partial charge in [-0.2, -0.15) is 0 Å². The Balaban J connectivity index is 1.94. The summed E-state index contributed by atoms with van der Waals surface area (Å²) in [5, 5.41) is 4.46. The summed E-state index contributed by atoms with van der Waals surface area (Å²) < 4.78 is 11.4. The lowest BCUT2D eigenvalue weighted by atomic mass is 10.2. The Hall–Kier alpha value is -2.47. The molecule has 25 heavy (non-hydrogen) atoms. The number of halogens is 1. The molecule has 0 unspecified atom stereocenters. The normalized spacial score (nSPS) is 10.6. The lowest BCUT2D eigenvalue weighted by Crippen LogP contribution is -2.15. The van der Waals surface area contributed by atoms with Crippen molar-refractivity contribution in [3.8, 4) is 11.5 Å². The second kappa shape index (κ2) is 8.07. The van der Waals surface area contributed by atoms with E-state index in [1.807, 2.05) is 55.5 Å². The number of aromatic amines is 1. The van der Waals surface area contributed by atoms with Crippen LogP contribution in [0, 0.1) is 0 Å². The Morgan fingerprint density at radius 1 is 1.12 bits per heavy atom. The zero-order chi connectivity index (χ0) is 17.6.